The van der Waals surface area contributed by atoms with Crippen LogP contribution >= 0.6 is 11.6 Å². The van der Waals surface area contributed by atoms with E-state index in [0.29, 0.717) is 25.1 Å². The van der Waals surface area contributed by atoms with E-state index in [1.807, 2.05) is 23.7 Å². The molecule has 2 aromatic carbocycles. The van der Waals surface area contributed by atoms with E-state index in [1.165, 1.54) is 6.07 Å². The van der Waals surface area contributed by atoms with Crippen molar-refractivity contribution in [1.82, 2.24) is 14.3 Å². The summed E-state index contributed by atoms with van der Waals surface area (Å²) in [5.74, 6) is 0. The van der Waals surface area contributed by atoms with Crippen LogP contribution in [0.15, 0.2) is 59.9 Å². The van der Waals surface area contributed by atoms with E-state index in [0.717, 1.165) is 16.9 Å². The summed E-state index contributed by atoms with van der Waals surface area (Å²) in [7, 11) is -1.87. The number of imidazole rings is 1. The minimum absolute atomic E-state index is 0.0569. The van der Waals surface area contributed by atoms with Gasteiger partial charge in [0.1, 0.15) is 4.90 Å². The first-order valence-corrected chi connectivity index (χ1v) is 11.2. The molecule has 0 fully saturated rings. The molecule has 0 aliphatic carbocycles. The summed E-state index contributed by atoms with van der Waals surface area (Å²) in [4.78, 5) is 6.33. The number of nitrogens with one attached hydrogen (secondary N) is 1. The van der Waals surface area contributed by atoms with Crippen molar-refractivity contribution in [1.29, 1.82) is 5.26 Å². The molecule has 1 aliphatic heterocycles. The summed E-state index contributed by atoms with van der Waals surface area (Å²) in [6.07, 6.45) is 4.01. The minimum atomic E-state index is -3.79. The third-order valence-corrected chi connectivity index (χ3v) is 7.19. The summed E-state index contributed by atoms with van der Waals surface area (Å²) in [6, 6.07) is 13.7. The molecule has 30 heavy (non-hydrogen) atoms. The number of nitriles is 1. The van der Waals surface area contributed by atoms with Gasteiger partial charge in [-0.1, -0.05) is 23.7 Å². The third kappa shape index (κ3) is 4.05. The Bertz CT molecular complexity index is 1230. The van der Waals surface area contributed by atoms with Gasteiger partial charge in [0.2, 0.25) is 10.0 Å². The Balaban J connectivity index is 1.66. The first-order valence-electron chi connectivity index (χ1n) is 9.37. The number of hydrogen-bond acceptors (Lipinski definition) is 5. The van der Waals surface area contributed by atoms with E-state index in [2.05, 4.69) is 20.7 Å². The average Bonchev–Trinajstić information content (AvgIpc) is 3.11. The quantitative estimate of drug-likeness (QED) is 0.657. The van der Waals surface area contributed by atoms with Gasteiger partial charge in [-0.25, -0.2) is 18.1 Å². The van der Waals surface area contributed by atoms with Crippen molar-refractivity contribution in [2.45, 2.75) is 23.9 Å². The standard InChI is InChI=1S/C21H20ClN5O2S/c1-26-14-24-11-18(26)13-27-12-17(9-16-8-15(10-23)6-7-20(16)27)25-30(28,29)21-5-3-2-4-19(21)22/h2-8,11,14,17,25H,9,12-13H2,1H3. The van der Waals surface area contributed by atoms with Crippen LogP contribution in [-0.4, -0.2) is 30.6 Å². The van der Waals surface area contributed by atoms with Gasteiger partial charge < -0.3 is 9.47 Å². The predicted octanol–water partition coefficient (Wildman–Crippen LogP) is 2.85. The monoisotopic (exact) mass is 441 g/mol. The lowest BCUT2D eigenvalue weighted by Gasteiger charge is -2.36. The van der Waals surface area contributed by atoms with Crippen molar-refractivity contribution in [2.24, 2.45) is 7.05 Å². The fraction of sp³-hybridized carbons (Fsp3) is 0.238. The topological polar surface area (TPSA) is 91.0 Å². The SMILES string of the molecule is Cn1cncc1CN1CC(NS(=O)(=O)c2ccccc2Cl)Cc2cc(C#N)ccc21. The number of benzene rings is 2. The number of aryl methyl sites for hydroxylation is 1. The molecule has 1 aliphatic rings. The van der Waals surface area contributed by atoms with Gasteiger partial charge >= 0.3 is 0 Å². The van der Waals surface area contributed by atoms with Crippen molar-refractivity contribution in [3.05, 3.63) is 76.8 Å². The zero-order valence-corrected chi connectivity index (χ0v) is 17.9. The fourth-order valence-corrected chi connectivity index (χ4v) is 5.47. The van der Waals surface area contributed by atoms with Gasteiger partial charge in [-0.2, -0.15) is 5.26 Å². The molecule has 9 heteroatoms. The number of halogens is 1. The summed E-state index contributed by atoms with van der Waals surface area (Å²) < 4.78 is 30.6. The van der Waals surface area contributed by atoms with Crippen LogP contribution in [0.3, 0.4) is 0 Å². The highest BCUT2D eigenvalue weighted by molar-refractivity contribution is 7.89. The smallest absolute Gasteiger partial charge is 0.242 e. The van der Waals surface area contributed by atoms with Gasteiger partial charge in [-0.3, -0.25) is 0 Å². The van der Waals surface area contributed by atoms with Crippen molar-refractivity contribution in [3.63, 3.8) is 0 Å². The van der Waals surface area contributed by atoms with Gasteiger partial charge in [-0.05, 0) is 42.3 Å². The Labute approximate surface area is 180 Å². The lowest BCUT2D eigenvalue weighted by atomic mass is 9.96. The van der Waals surface area contributed by atoms with Crippen LogP contribution in [0.25, 0.3) is 0 Å². The van der Waals surface area contributed by atoms with Gasteiger partial charge in [0.15, 0.2) is 0 Å². The van der Waals surface area contributed by atoms with Crippen LogP contribution in [0.5, 0.6) is 0 Å². The molecule has 3 aromatic rings. The highest BCUT2D eigenvalue weighted by atomic mass is 35.5. The molecule has 1 unspecified atom stereocenters. The van der Waals surface area contributed by atoms with Crippen LogP contribution < -0.4 is 9.62 Å². The van der Waals surface area contributed by atoms with E-state index < -0.39 is 10.0 Å². The second kappa shape index (κ2) is 8.11. The molecule has 0 saturated carbocycles. The van der Waals surface area contributed by atoms with E-state index in [4.69, 9.17) is 11.6 Å². The number of rotatable bonds is 5. The van der Waals surface area contributed by atoms with E-state index >= 15 is 0 Å². The molecule has 1 N–H and O–H groups in total. The van der Waals surface area contributed by atoms with Crippen LogP contribution in [0.2, 0.25) is 5.02 Å². The molecule has 2 heterocycles. The van der Waals surface area contributed by atoms with Gasteiger partial charge in [0.25, 0.3) is 0 Å². The molecule has 0 spiro atoms. The van der Waals surface area contributed by atoms with E-state index in [1.54, 1.807) is 36.8 Å². The average molecular weight is 442 g/mol. The molecular formula is C21H20ClN5O2S. The Kier molecular flexibility index (Phi) is 5.52. The zero-order valence-electron chi connectivity index (χ0n) is 16.3. The minimum Gasteiger partial charge on any atom is -0.364 e. The first-order chi connectivity index (χ1) is 14.4. The van der Waals surface area contributed by atoms with E-state index in [-0.39, 0.29) is 16.0 Å². The number of aromatic nitrogens is 2. The van der Waals surface area contributed by atoms with Crippen molar-refractivity contribution in [2.75, 3.05) is 11.4 Å². The van der Waals surface area contributed by atoms with Gasteiger partial charge in [0.05, 0.1) is 35.2 Å². The van der Waals surface area contributed by atoms with Crippen LogP contribution in [0.4, 0.5) is 5.69 Å². The molecular weight excluding hydrogens is 422 g/mol. The molecule has 1 atom stereocenters. The number of nitrogens with zero attached hydrogens (tertiary/aromatic N) is 4. The van der Waals surface area contributed by atoms with Crippen molar-refractivity contribution < 1.29 is 8.42 Å². The molecule has 154 valence electrons. The second-order valence-corrected chi connectivity index (χ2v) is 9.37. The van der Waals surface area contributed by atoms with Crippen molar-refractivity contribution >= 4 is 27.3 Å². The highest BCUT2D eigenvalue weighted by Crippen LogP contribution is 2.30. The Morgan fingerprint density at radius 2 is 2.10 bits per heavy atom. The predicted molar refractivity (Wildman–Crippen MR) is 115 cm³/mol. The Morgan fingerprint density at radius 3 is 2.80 bits per heavy atom. The molecule has 4 rings (SSSR count). The number of hydrogen-bond donors (Lipinski definition) is 1. The molecule has 1 aromatic heterocycles. The maximum Gasteiger partial charge on any atom is 0.242 e. The number of sulfonamides is 1. The van der Waals surface area contributed by atoms with Gasteiger partial charge in [0, 0.05) is 31.5 Å². The first kappa shape index (κ1) is 20.4. The summed E-state index contributed by atoms with van der Waals surface area (Å²) in [5, 5.41) is 9.46. The molecule has 0 radical (unpaired) electrons. The maximum absolute atomic E-state index is 13.0. The van der Waals surface area contributed by atoms with E-state index in [9.17, 15) is 13.7 Å². The lowest BCUT2D eigenvalue weighted by molar-refractivity contribution is 0.522. The summed E-state index contributed by atoms with van der Waals surface area (Å²) >= 11 is 6.11. The third-order valence-electron chi connectivity index (χ3n) is 5.17. The number of fused-ring (bicyclic) bond motifs is 1. The molecule has 7 nitrogen and oxygen atoms in total. The molecule has 0 bridgehead atoms. The molecule has 0 amide bonds. The summed E-state index contributed by atoms with van der Waals surface area (Å²) in [6.45, 7) is 1.05. The second-order valence-electron chi connectivity index (χ2n) is 7.28. The maximum atomic E-state index is 13.0. The number of anilines is 1. The summed E-state index contributed by atoms with van der Waals surface area (Å²) in [5.41, 5.74) is 3.46. The normalized spacial score (nSPS) is 16.2. The Morgan fingerprint density at radius 1 is 1.30 bits per heavy atom. The van der Waals surface area contributed by atoms with Crippen LogP contribution in [-0.2, 0) is 30.0 Å². The Hall–Kier alpha value is -2.86. The van der Waals surface area contributed by atoms with Crippen LogP contribution in [0.1, 0.15) is 16.8 Å². The highest BCUT2D eigenvalue weighted by Gasteiger charge is 2.29. The largest absolute Gasteiger partial charge is 0.364 e. The van der Waals surface area contributed by atoms with Crippen LogP contribution in [0, 0.1) is 11.3 Å². The van der Waals surface area contributed by atoms with Gasteiger partial charge in [-0.15, -0.1) is 0 Å². The van der Waals surface area contributed by atoms with Crippen molar-refractivity contribution in [3.8, 4) is 6.07 Å². The molecule has 0 saturated heterocycles. The fourth-order valence-electron chi connectivity index (χ4n) is 3.73. The lowest BCUT2D eigenvalue weighted by Crippen LogP contribution is -2.48. The zero-order chi connectivity index (χ0) is 21.3.